The van der Waals surface area contributed by atoms with E-state index in [0.29, 0.717) is 19.3 Å². The van der Waals surface area contributed by atoms with Crippen molar-refractivity contribution in [2.45, 2.75) is 207 Å². The highest BCUT2D eigenvalue weighted by molar-refractivity contribution is 5.71. The van der Waals surface area contributed by atoms with Gasteiger partial charge in [-0.3, -0.25) is 14.4 Å². The Kier molecular flexibility index (Phi) is 42.6. The van der Waals surface area contributed by atoms with Gasteiger partial charge in [-0.15, -0.1) is 0 Å². The first kappa shape index (κ1) is 53.6. The third-order valence-electron chi connectivity index (χ3n) is 9.41. The predicted octanol–water partition coefficient (Wildman–Crippen LogP) is 14.9. The topological polar surface area (TPSA) is 78.9 Å². The minimum atomic E-state index is -0.810. The van der Waals surface area contributed by atoms with E-state index in [2.05, 4.69) is 93.7 Å². The number of ether oxygens (including phenoxy) is 3. The van der Waals surface area contributed by atoms with Crippen molar-refractivity contribution in [3.05, 3.63) is 85.1 Å². The lowest BCUT2D eigenvalue weighted by Crippen LogP contribution is -2.30. The lowest BCUT2D eigenvalue weighted by Gasteiger charge is -2.18. The van der Waals surface area contributed by atoms with E-state index in [9.17, 15) is 14.4 Å². The molecule has 0 bridgehead atoms. The molecule has 57 heavy (non-hydrogen) atoms. The molecule has 6 heteroatoms. The zero-order chi connectivity index (χ0) is 41.5. The van der Waals surface area contributed by atoms with Gasteiger partial charge >= 0.3 is 17.9 Å². The molecule has 0 aliphatic heterocycles. The van der Waals surface area contributed by atoms with E-state index >= 15 is 0 Å². The van der Waals surface area contributed by atoms with Gasteiger partial charge in [0, 0.05) is 19.3 Å². The Morgan fingerprint density at radius 1 is 0.368 bits per heavy atom. The molecule has 0 aromatic carbocycles. The van der Waals surface area contributed by atoms with Crippen LogP contribution in [0.3, 0.4) is 0 Å². The van der Waals surface area contributed by atoms with Crippen LogP contribution in [0.5, 0.6) is 0 Å². The van der Waals surface area contributed by atoms with Crippen LogP contribution in [-0.4, -0.2) is 37.2 Å². The Balaban J connectivity index is 4.51. The Bertz CT molecular complexity index is 1140. The van der Waals surface area contributed by atoms with Crippen molar-refractivity contribution in [3.63, 3.8) is 0 Å². The van der Waals surface area contributed by atoms with Crippen LogP contribution < -0.4 is 0 Å². The molecule has 0 heterocycles. The van der Waals surface area contributed by atoms with Crippen molar-refractivity contribution in [3.8, 4) is 0 Å². The highest BCUT2D eigenvalue weighted by Gasteiger charge is 2.19. The number of esters is 3. The summed E-state index contributed by atoms with van der Waals surface area (Å²) in [6.45, 7) is 6.31. The van der Waals surface area contributed by atoms with E-state index in [-0.39, 0.29) is 37.5 Å². The highest BCUT2D eigenvalue weighted by atomic mass is 16.6. The molecule has 0 aromatic rings. The molecule has 0 N–H and O–H groups in total. The molecule has 0 amide bonds. The molecule has 0 aromatic heterocycles. The Hall–Kier alpha value is -3.41. The van der Waals surface area contributed by atoms with Crippen LogP contribution in [0.1, 0.15) is 201 Å². The molecular formula is C51H84O6. The van der Waals surface area contributed by atoms with Gasteiger partial charge < -0.3 is 14.2 Å². The second-order valence-corrected chi connectivity index (χ2v) is 14.9. The van der Waals surface area contributed by atoms with E-state index in [1.54, 1.807) is 0 Å². The first-order valence-electron chi connectivity index (χ1n) is 23.1. The fourth-order valence-corrected chi connectivity index (χ4v) is 6.00. The molecule has 0 fully saturated rings. The first-order valence-corrected chi connectivity index (χ1v) is 23.1. The number of rotatable bonds is 40. The fraction of sp³-hybridized carbons (Fsp3) is 0.667. The molecule has 0 spiro atoms. The summed E-state index contributed by atoms with van der Waals surface area (Å²) in [6.07, 6.45) is 57.2. The zero-order valence-electron chi connectivity index (χ0n) is 36.8. The Labute approximate surface area is 350 Å². The molecule has 324 valence electrons. The first-order chi connectivity index (χ1) is 28.0. The zero-order valence-corrected chi connectivity index (χ0v) is 36.8. The van der Waals surface area contributed by atoms with Gasteiger partial charge in [0.05, 0.1) is 0 Å². The van der Waals surface area contributed by atoms with E-state index < -0.39 is 6.10 Å². The molecule has 6 nitrogen and oxygen atoms in total. The summed E-state index contributed by atoms with van der Waals surface area (Å²) in [5.41, 5.74) is 0. The van der Waals surface area contributed by atoms with Crippen molar-refractivity contribution >= 4 is 17.9 Å². The monoisotopic (exact) mass is 793 g/mol. The van der Waals surface area contributed by atoms with E-state index in [1.807, 2.05) is 12.2 Å². The molecule has 0 saturated carbocycles. The van der Waals surface area contributed by atoms with Gasteiger partial charge in [-0.05, 0) is 77.0 Å². The van der Waals surface area contributed by atoms with Crippen molar-refractivity contribution in [2.24, 2.45) is 0 Å². The molecule has 1 unspecified atom stereocenters. The number of hydrogen-bond acceptors (Lipinski definition) is 6. The van der Waals surface area contributed by atoms with Crippen LogP contribution in [0.15, 0.2) is 85.1 Å². The van der Waals surface area contributed by atoms with Gasteiger partial charge in [-0.1, -0.05) is 189 Å². The van der Waals surface area contributed by atoms with Crippen molar-refractivity contribution in [1.82, 2.24) is 0 Å². The highest BCUT2D eigenvalue weighted by Crippen LogP contribution is 2.13. The summed E-state index contributed by atoms with van der Waals surface area (Å²) < 4.78 is 16.6. The quantitative estimate of drug-likeness (QED) is 0.0266. The maximum Gasteiger partial charge on any atom is 0.306 e. The van der Waals surface area contributed by atoms with Crippen LogP contribution >= 0.6 is 0 Å². The second-order valence-electron chi connectivity index (χ2n) is 14.9. The maximum atomic E-state index is 12.7. The summed E-state index contributed by atoms with van der Waals surface area (Å²) in [5, 5.41) is 0. The van der Waals surface area contributed by atoms with Gasteiger partial charge in [0.15, 0.2) is 6.10 Å². The normalized spacial score (nSPS) is 12.8. The molecule has 0 aliphatic carbocycles. The summed E-state index contributed by atoms with van der Waals surface area (Å²) in [7, 11) is 0. The number of carbonyl (C=O) groups excluding carboxylic acids is 3. The molecule has 0 rings (SSSR count). The number of carbonyl (C=O) groups is 3. The SMILES string of the molecule is CC/C=C\C/C=C\C/C=C\C/C=C\C/C=C\CCC(=O)OCC(COC(=O)CCCCCCCCCCCCC)OC(=O)CCCCCCC/C=C\C/C=C\CC. The van der Waals surface area contributed by atoms with Gasteiger partial charge in [0.1, 0.15) is 13.2 Å². The fourth-order valence-electron chi connectivity index (χ4n) is 6.00. The average molecular weight is 793 g/mol. The largest absolute Gasteiger partial charge is 0.462 e. The summed E-state index contributed by atoms with van der Waals surface area (Å²) in [5.74, 6) is -1.01. The van der Waals surface area contributed by atoms with Crippen molar-refractivity contribution in [2.75, 3.05) is 13.2 Å². The van der Waals surface area contributed by atoms with Crippen LogP contribution in [0, 0.1) is 0 Å². The minimum absolute atomic E-state index is 0.105. The van der Waals surface area contributed by atoms with Gasteiger partial charge in [-0.2, -0.15) is 0 Å². The smallest absolute Gasteiger partial charge is 0.306 e. The van der Waals surface area contributed by atoms with Gasteiger partial charge in [0.2, 0.25) is 0 Å². The Morgan fingerprint density at radius 3 is 1.18 bits per heavy atom. The molecule has 0 saturated heterocycles. The van der Waals surface area contributed by atoms with E-state index in [4.69, 9.17) is 14.2 Å². The van der Waals surface area contributed by atoms with Crippen LogP contribution in [0.4, 0.5) is 0 Å². The Morgan fingerprint density at radius 2 is 0.719 bits per heavy atom. The second kappa shape index (κ2) is 45.3. The predicted molar refractivity (Wildman–Crippen MR) is 242 cm³/mol. The van der Waals surface area contributed by atoms with E-state index in [0.717, 1.165) is 103 Å². The van der Waals surface area contributed by atoms with Gasteiger partial charge in [-0.25, -0.2) is 0 Å². The molecule has 1 atom stereocenters. The number of hydrogen-bond donors (Lipinski definition) is 0. The van der Waals surface area contributed by atoms with Crippen LogP contribution in [0.25, 0.3) is 0 Å². The summed E-state index contributed by atoms with van der Waals surface area (Å²) in [6, 6.07) is 0. The summed E-state index contributed by atoms with van der Waals surface area (Å²) in [4.78, 5) is 37.7. The minimum Gasteiger partial charge on any atom is -0.462 e. The lowest BCUT2D eigenvalue weighted by molar-refractivity contribution is -0.166. The van der Waals surface area contributed by atoms with Crippen LogP contribution in [0.2, 0.25) is 0 Å². The number of unbranched alkanes of at least 4 members (excludes halogenated alkanes) is 15. The van der Waals surface area contributed by atoms with Gasteiger partial charge in [0.25, 0.3) is 0 Å². The van der Waals surface area contributed by atoms with Crippen LogP contribution in [-0.2, 0) is 28.6 Å². The van der Waals surface area contributed by atoms with Crippen molar-refractivity contribution in [1.29, 1.82) is 0 Å². The average Bonchev–Trinajstić information content (AvgIpc) is 3.21. The maximum absolute atomic E-state index is 12.7. The van der Waals surface area contributed by atoms with E-state index in [1.165, 1.54) is 51.4 Å². The standard InChI is InChI=1S/C51H84O6/c1-4-7-10-13-16-19-22-24-25-26-27-30-32-35-38-41-44-50(53)56-47-48(46-55-49(52)43-40-37-34-31-28-21-18-15-12-9-6-3)57-51(54)45-42-39-36-33-29-23-20-17-14-11-8-5-2/h7-8,10-11,16-17,19-20,24-25,27,30,35,38,48H,4-6,9,12-15,18,21-23,26,28-29,31-34,36-37,39-47H2,1-3H3/b10-7-,11-8-,19-16-,20-17-,25-24-,30-27-,38-35-. The van der Waals surface area contributed by atoms with Crippen molar-refractivity contribution < 1.29 is 28.6 Å². The molecule has 0 aliphatic rings. The summed E-state index contributed by atoms with van der Waals surface area (Å²) >= 11 is 0. The molecule has 0 radical (unpaired) electrons. The molecular weight excluding hydrogens is 709 g/mol. The third kappa shape index (κ3) is 43.6. The lowest BCUT2D eigenvalue weighted by atomic mass is 10.1. The number of allylic oxidation sites excluding steroid dienone is 14. The third-order valence-corrected chi connectivity index (χ3v) is 9.41.